The average Bonchev–Trinajstić information content (AvgIpc) is 2.45. The van der Waals surface area contributed by atoms with E-state index in [-0.39, 0.29) is 6.04 Å². The van der Waals surface area contributed by atoms with Crippen LogP contribution in [0.5, 0.6) is 5.75 Å². The van der Waals surface area contributed by atoms with Crippen molar-refractivity contribution in [3.63, 3.8) is 0 Å². The molecule has 106 valence electrons. The zero-order chi connectivity index (χ0) is 14.5. The van der Waals surface area contributed by atoms with Crippen molar-refractivity contribution >= 4 is 0 Å². The molecule has 0 spiro atoms. The summed E-state index contributed by atoms with van der Waals surface area (Å²) in [6.07, 6.45) is 5.47. The standard InChI is InChI=1S/C17H22N2O/c1-12-10-13(2)17(16(11-12)20-3)15(18)5-4-14-6-8-19-9-7-14/h6-11,15H,4-5,18H2,1-3H3. The molecule has 1 aromatic heterocycles. The predicted molar refractivity (Wildman–Crippen MR) is 82.0 cm³/mol. The van der Waals surface area contributed by atoms with Crippen molar-refractivity contribution < 1.29 is 4.74 Å². The predicted octanol–water partition coefficient (Wildman–Crippen LogP) is 3.34. The van der Waals surface area contributed by atoms with Crippen LogP contribution in [0, 0.1) is 13.8 Å². The summed E-state index contributed by atoms with van der Waals surface area (Å²) in [6, 6.07) is 8.26. The van der Waals surface area contributed by atoms with Gasteiger partial charge in [-0.15, -0.1) is 0 Å². The van der Waals surface area contributed by atoms with Gasteiger partial charge in [0.05, 0.1) is 7.11 Å². The Hall–Kier alpha value is -1.87. The molecular weight excluding hydrogens is 248 g/mol. The Balaban J connectivity index is 2.15. The number of methoxy groups -OCH3 is 1. The van der Waals surface area contributed by atoms with Crippen LogP contribution in [0.15, 0.2) is 36.7 Å². The van der Waals surface area contributed by atoms with E-state index in [0.717, 1.165) is 24.2 Å². The maximum atomic E-state index is 6.37. The molecule has 0 saturated carbocycles. The Labute approximate surface area is 120 Å². The molecule has 3 nitrogen and oxygen atoms in total. The molecule has 2 N–H and O–H groups in total. The van der Waals surface area contributed by atoms with Crippen LogP contribution in [0.1, 0.15) is 34.7 Å². The summed E-state index contributed by atoms with van der Waals surface area (Å²) in [7, 11) is 1.70. The average molecular weight is 270 g/mol. The van der Waals surface area contributed by atoms with Gasteiger partial charge >= 0.3 is 0 Å². The molecule has 2 aromatic rings. The maximum absolute atomic E-state index is 6.37. The minimum absolute atomic E-state index is 0.0151. The summed E-state index contributed by atoms with van der Waals surface area (Å²) in [4.78, 5) is 4.03. The Morgan fingerprint density at radius 3 is 2.55 bits per heavy atom. The molecule has 1 aromatic carbocycles. The third-order valence-electron chi connectivity index (χ3n) is 3.58. The molecule has 20 heavy (non-hydrogen) atoms. The van der Waals surface area contributed by atoms with Gasteiger partial charge in [0.2, 0.25) is 0 Å². The molecule has 1 heterocycles. The Kier molecular flexibility index (Phi) is 4.74. The number of aryl methyl sites for hydroxylation is 3. The lowest BCUT2D eigenvalue weighted by Crippen LogP contribution is -2.14. The zero-order valence-electron chi connectivity index (χ0n) is 12.4. The van der Waals surface area contributed by atoms with Gasteiger partial charge in [0.1, 0.15) is 5.75 Å². The first kappa shape index (κ1) is 14.5. The third kappa shape index (κ3) is 3.36. The topological polar surface area (TPSA) is 48.1 Å². The highest BCUT2D eigenvalue weighted by atomic mass is 16.5. The Bertz CT molecular complexity index is 567. The van der Waals surface area contributed by atoms with E-state index in [1.165, 1.54) is 16.7 Å². The van der Waals surface area contributed by atoms with E-state index in [1.54, 1.807) is 7.11 Å². The maximum Gasteiger partial charge on any atom is 0.124 e. The van der Waals surface area contributed by atoms with Crippen molar-refractivity contribution in [3.05, 3.63) is 58.9 Å². The largest absolute Gasteiger partial charge is 0.496 e. The van der Waals surface area contributed by atoms with Crippen LogP contribution in [0.25, 0.3) is 0 Å². The lowest BCUT2D eigenvalue weighted by Gasteiger charge is -2.19. The van der Waals surface area contributed by atoms with Gasteiger partial charge in [-0.05, 0) is 61.6 Å². The monoisotopic (exact) mass is 270 g/mol. The summed E-state index contributed by atoms with van der Waals surface area (Å²) in [5, 5.41) is 0. The normalized spacial score (nSPS) is 12.2. The summed E-state index contributed by atoms with van der Waals surface area (Å²) in [6.45, 7) is 4.17. The second-order valence-electron chi connectivity index (χ2n) is 5.20. The summed E-state index contributed by atoms with van der Waals surface area (Å²) in [5.41, 5.74) is 11.2. The summed E-state index contributed by atoms with van der Waals surface area (Å²) >= 11 is 0. The van der Waals surface area contributed by atoms with Crippen molar-refractivity contribution in [1.82, 2.24) is 4.98 Å². The number of rotatable bonds is 5. The molecule has 0 saturated heterocycles. The lowest BCUT2D eigenvalue weighted by atomic mass is 9.94. The van der Waals surface area contributed by atoms with Crippen LogP contribution in [0.2, 0.25) is 0 Å². The first-order valence-electron chi connectivity index (χ1n) is 6.91. The Morgan fingerprint density at radius 2 is 1.90 bits per heavy atom. The molecule has 0 aliphatic heterocycles. The van der Waals surface area contributed by atoms with Gasteiger partial charge in [0, 0.05) is 24.0 Å². The number of aromatic nitrogens is 1. The van der Waals surface area contributed by atoms with Crippen molar-refractivity contribution in [2.75, 3.05) is 7.11 Å². The fraction of sp³-hybridized carbons (Fsp3) is 0.353. The van der Waals surface area contributed by atoms with Crippen LogP contribution in [0.4, 0.5) is 0 Å². The number of hydrogen-bond donors (Lipinski definition) is 1. The second kappa shape index (κ2) is 6.53. The van der Waals surface area contributed by atoms with Crippen LogP contribution in [-0.2, 0) is 6.42 Å². The second-order valence-corrected chi connectivity index (χ2v) is 5.20. The van der Waals surface area contributed by atoms with E-state index in [2.05, 4.69) is 31.0 Å². The quantitative estimate of drug-likeness (QED) is 0.906. The van der Waals surface area contributed by atoms with Gasteiger partial charge < -0.3 is 10.5 Å². The molecule has 0 aliphatic rings. The summed E-state index contributed by atoms with van der Waals surface area (Å²) < 4.78 is 5.49. The van der Waals surface area contributed by atoms with Gasteiger partial charge in [-0.1, -0.05) is 6.07 Å². The van der Waals surface area contributed by atoms with Crippen molar-refractivity contribution in [3.8, 4) is 5.75 Å². The molecule has 0 bridgehead atoms. The molecule has 3 heteroatoms. The first-order valence-corrected chi connectivity index (χ1v) is 6.91. The first-order chi connectivity index (χ1) is 9.61. The van der Waals surface area contributed by atoms with Crippen LogP contribution in [0.3, 0.4) is 0 Å². The number of ether oxygens (including phenoxy) is 1. The third-order valence-corrected chi connectivity index (χ3v) is 3.58. The fourth-order valence-electron chi connectivity index (χ4n) is 2.60. The van der Waals surface area contributed by atoms with Crippen LogP contribution < -0.4 is 10.5 Å². The van der Waals surface area contributed by atoms with E-state index < -0.39 is 0 Å². The van der Waals surface area contributed by atoms with Crippen molar-refractivity contribution in [2.24, 2.45) is 5.73 Å². The smallest absolute Gasteiger partial charge is 0.124 e. The molecule has 0 fully saturated rings. The summed E-state index contributed by atoms with van der Waals surface area (Å²) in [5.74, 6) is 0.893. The molecule has 0 radical (unpaired) electrons. The van der Waals surface area contributed by atoms with Gasteiger partial charge in [-0.3, -0.25) is 4.98 Å². The van der Waals surface area contributed by atoms with Gasteiger partial charge in [0.15, 0.2) is 0 Å². The van der Waals surface area contributed by atoms with Crippen molar-refractivity contribution in [1.29, 1.82) is 0 Å². The highest BCUT2D eigenvalue weighted by Gasteiger charge is 2.15. The zero-order valence-corrected chi connectivity index (χ0v) is 12.4. The molecule has 1 atom stereocenters. The minimum Gasteiger partial charge on any atom is -0.496 e. The SMILES string of the molecule is COc1cc(C)cc(C)c1C(N)CCc1ccncc1. The van der Waals surface area contributed by atoms with E-state index in [9.17, 15) is 0 Å². The number of nitrogens with zero attached hydrogens (tertiary/aromatic N) is 1. The molecule has 1 unspecified atom stereocenters. The highest BCUT2D eigenvalue weighted by molar-refractivity contribution is 5.45. The highest BCUT2D eigenvalue weighted by Crippen LogP contribution is 2.31. The van der Waals surface area contributed by atoms with Crippen LogP contribution >= 0.6 is 0 Å². The Morgan fingerprint density at radius 1 is 1.20 bits per heavy atom. The van der Waals surface area contributed by atoms with Gasteiger partial charge in [0.25, 0.3) is 0 Å². The molecular formula is C17H22N2O. The van der Waals surface area contributed by atoms with E-state index in [0.29, 0.717) is 0 Å². The molecule has 0 amide bonds. The molecule has 2 rings (SSSR count). The van der Waals surface area contributed by atoms with Gasteiger partial charge in [-0.25, -0.2) is 0 Å². The van der Waals surface area contributed by atoms with E-state index in [4.69, 9.17) is 10.5 Å². The lowest BCUT2D eigenvalue weighted by molar-refractivity contribution is 0.403. The molecule has 0 aliphatic carbocycles. The fourth-order valence-corrected chi connectivity index (χ4v) is 2.60. The van der Waals surface area contributed by atoms with Crippen molar-refractivity contribution in [2.45, 2.75) is 32.7 Å². The van der Waals surface area contributed by atoms with Crippen LogP contribution in [-0.4, -0.2) is 12.1 Å². The van der Waals surface area contributed by atoms with E-state index >= 15 is 0 Å². The van der Waals surface area contributed by atoms with E-state index in [1.807, 2.05) is 24.5 Å². The number of pyridine rings is 1. The van der Waals surface area contributed by atoms with Gasteiger partial charge in [-0.2, -0.15) is 0 Å². The number of hydrogen-bond acceptors (Lipinski definition) is 3. The number of benzene rings is 1. The minimum atomic E-state index is -0.0151. The number of nitrogens with two attached hydrogens (primary N) is 1.